The highest BCUT2D eigenvalue weighted by Gasteiger charge is 2.24. The molecule has 0 fully saturated rings. The van der Waals surface area contributed by atoms with Gasteiger partial charge in [-0.15, -0.1) is 0 Å². The van der Waals surface area contributed by atoms with Crippen molar-refractivity contribution in [3.8, 4) is 16.9 Å². The van der Waals surface area contributed by atoms with Crippen LogP contribution in [0.3, 0.4) is 0 Å². The molecule has 0 radical (unpaired) electrons. The Morgan fingerprint density at radius 2 is 1.80 bits per heavy atom. The smallest absolute Gasteiger partial charge is 0.339 e. The molecule has 0 aliphatic rings. The van der Waals surface area contributed by atoms with Crippen molar-refractivity contribution in [2.24, 2.45) is 0 Å². The Balaban J connectivity index is 2.21. The lowest BCUT2D eigenvalue weighted by molar-refractivity contribution is -0.384. The second-order valence-electron chi connectivity index (χ2n) is 6.70. The van der Waals surface area contributed by atoms with Gasteiger partial charge in [0, 0.05) is 24.7 Å². The monoisotopic (exact) mass is 406 g/mol. The Hall–Kier alpha value is -3.71. The number of nitro groups is 1. The van der Waals surface area contributed by atoms with Gasteiger partial charge in [0.2, 0.25) is 0 Å². The molecule has 3 aromatic rings. The summed E-state index contributed by atoms with van der Waals surface area (Å²) in [4.78, 5) is 28.1. The van der Waals surface area contributed by atoms with Gasteiger partial charge in [-0.3, -0.25) is 10.1 Å². The number of hydrogen-bond acceptors (Lipinski definition) is 5. The van der Waals surface area contributed by atoms with Crippen molar-refractivity contribution in [3.63, 3.8) is 0 Å². The second kappa shape index (κ2) is 9.19. The van der Waals surface area contributed by atoms with Gasteiger partial charge in [-0.25, -0.2) is 4.79 Å². The van der Waals surface area contributed by atoms with E-state index in [1.165, 1.54) is 12.1 Å². The number of aromatic carboxylic acids is 1. The van der Waals surface area contributed by atoms with Crippen LogP contribution < -0.4 is 10.3 Å². The first kappa shape index (κ1) is 21.0. The molecule has 0 atom stereocenters. The molecule has 0 saturated heterocycles. The lowest BCUT2D eigenvalue weighted by Crippen LogP contribution is -2.17. The van der Waals surface area contributed by atoms with E-state index < -0.39 is 10.9 Å². The van der Waals surface area contributed by atoms with E-state index in [9.17, 15) is 20.0 Å². The van der Waals surface area contributed by atoms with Crippen LogP contribution in [0.4, 0.5) is 5.69 Å². The summed E-state index contributed by atoms with van der Waals surface area (Å²) in [6.45, 7) is 2.00. The minimum atomic E-state index is -1.09. The molecule has 154 valence electrons. The predicted octanol–water partition coefficient (Wildman–Crippen LogP) is 4.63. The zero-order chi connectivity index (χ0) is 21.7. The molecule has 0 aliphatic heterocycles. The molecule has 3 rings (SSSR count). The third-order valence-electron chi connectivity index (χ3n) is 4.87. The third-order valence-corrected chi connectivity index (χ3v) is 4.87. The molecule has 0 spiro atoms. The van der Waals surface area contributed by atoms with Gasteiger partial charge in [0.15, 0.2) is 5.75 Å². The summed E-state index contributed by atoms with van der Waals surface area (Å²) in [5, 5.41) is 20.7. The SMILES string of the molecule is CCc1c(Cc2ccc([N+](=O)[O-])cc2)cc(C(=O)O)c(ONC)c1-c1ccccc1. The van der Waals surface area contributed by atoms with Crippen LogP contribution in [0.1, 0.15) is 34.0 Å². The highest BCUT2D eigenvalue weighted by Crippen LogP contribution is 2.39. The number of nitrogens with one attached hydrogen (secondary N) is 1. The van der Waals surface area contributed by atoms with Gasteiger partial charge in [0.25, 0.3) is 5.69 Å². The fourth-order valence-electron chi connectivity index (χ4n) is 3.55. The summed E-state index contributed by atoms with van der Waals surface area (Å²) in [6.07, 6.45) is 1.10. The van der Waals surface area contributed by atoms with Crippen molar-refractivity contribution in [1.82, 2.24) is 5.48 Å². The van der Waals surface area contributed by atoms with Crippen LogP contribution >= 0.6 is 0 Å². The molecule has 2 N–H and O–H groups in total. The molecule has 0 aliphatic carbocycles. The molecule has 0 unspecified atom stereocenters. The Morgan fingerprint density at radius 1 is 1.13 bits per heavy atom. The topological polar surface area (TPSA) is 102 Å². The summed E-state index contributed by atoms with van der Waals surface area (Å²) in [7, 11) is 1.58. The number of hydroxylamine groups is 1. The summed E-state index contributed by atoms with van der Waals surface area (Å²) in [6, 6.07) is 17.4. The van der Waals surface area contributed by atoms with E-state index in [-0.39, 0.29) is 17.0 Å². The number of carboxylic acids is 1. The molecular weight excluding hydrogens is 384 g/mol. The highest BCUT2D eigenvalue weighted by molar-refractivity contribution is 5.96. The van der Waals surface area contributed by atoms with Gasteiger partial charge in [0.05, 0.1) is 4.92 Å². The van der Waals surface area contributed by atoms with E-state index in [1.807, 2.05) is 37.3 Å². The Labute approximate surface area is 174 Å². The average molecular weight is 406 g/mol. The van der Waals surface area contributed by atoms with Gasteiger partial charge in [0.1, 0.15) is 5.56 Å². The Kier molecular flexibility index (Phi) is 6.44. The van der Waals surface area contributed by atoms with E-state index in [2.05, 4.69) is 5.48 Å². The van der Waals surface area contributed by atoms with E-state index in [4.69, 9.17) is 4.84 Å². The normalized spacial score (nSPS) is 10.6. The largest absolute Gasteiger partial charge is 0.478 e. The van der Waals surface area contributed by atoms with Gasteiger partial charge < -0.3 is 9.94 Å². The zero-order valence-corrected chi connectivity index (χ0v) is 16.7. The first-order valence-electron chi connectivity index (χ1n) is 9.50. The summed E-state index contributed by atoms with van der Waals surface area (Å²) in [5.74, 6) is -0.828. The number of hydrogen-bond donors (Lipinski definition) is 2. The molecule has 3 aromatic carbocycles. The van der Waals surface area contributed by atoms with Gasteiger partial charge in [-0.2, -0.15) is 5.48 Å². The quantitative estimate of drug-likeness (QED) is 0.418. The lowest BCUT2D eigenvalue weighted by Gasteiger charge is -2.20. The zero-order valence-electron chi connectivity index (χ0n) is 16.7. The maximum absolute atomic E-state index is 12.0. The second-order valence-corrected chi connectivity index (χ2v) is 6.70. The molecule has 0 heterocycles. The van der Waals surface area contributed by atoms with Crippen molar-refractivity contribution in [2.75, 3.05) is 7.05 Å². The van der Waals surface area contributed by atoms with Crippen LogP contribution in [-0.4, -0.2) is 23.0 Å². The first-order valence-corrected chi connectivity index (χ1v) is 9.50. The molecule has 7 heteroatoms. The maximum atomic E-state index is 12.0. The number of carbonyl (C=O) groups is 1. The summed E-state index contributed by atoms with van der Waals surface area (Å²) in [5.41, 5.74) is 6.91. The van der Waals surface area contributed by atoms with Gasteiger partial charge >= 0.3 is 5.97 Å². The van der Waals surface area contributed by atoms with Crippen molar-refractivity contribution in [3.05, 3.63) is 93.0 Å². The van der Waals surface area contributed by atoms with Crippen molar-refractivity contribution in [2.45, 2.75) is 19.8 Å². The Morgan fingerprint density at radius 3 is 2.33 bits per heavy atom. The Bertz CT molecular complexity index is 1060. The third kappa shape index (κ3) is 4.31. The van der Waals surface area contributed by atoms with Gasteiger partial charge in [-0.1, -0.05) is 49.4 Å². The number of nitro benzene ring substituents is 1. The van der Waals surface area contributed by atoms with Crippen LogP contribution in [0.15, 0.2) is 60.7 Å². The van der Waals surface area contributed by atoms with Crippen molar-refractivity contribution in [1.29, 1.82) is 0 Å². The standard InChI is InChI=1S/C23H22N2O5/c1-3-19-17(13-15-9-11-18(12-10-15)25(28)29)14-20(23(26)27)22(30-24-2)21(19)16-7-5-4-6-8-16/h4-12,14,24H,3,13H2,1-2H3,(H,26,27). The van der Waals surface area contributed by atoms with Crippen molar-refractivity contribution >= 4 is 11.7 Å². The molecule has 0 amide bonds. The number of non-ortho nitro benzene ring substituents is 1. The maximum Gasteiger partial charge on any atom is 0.339 e. The van der Waals surface area contributed by atoms with E-state index in [0.717, 1.165) is 27.8 Å². The number of benzene rings is 3. The predicted molar refractivity (Wildman–Crippen MR) is 114 cm³/mol. The molecule has 0 aromatic heterocycles. The number of carboxylic acid groups (broad SMARTS) is 1. The van der Waals surface area contributed by atoms with Crippen LogP contribution in [0, 0.1) is 10.1 Å². The average Bonchev–Trinajstić information content (AvgIpc) is 2.75. The first-order chi connectivity index (χ1) is 14.5. The molecular formula is C23H22N2O5. The van der Waals surface area contributed by atoms with Crippen LogP contribution in [0.25, 0.3) is 11.1 Å². The minimum absolute atomic E-state index is 0.0171. The summed E-state index contributed by atoms with van der Waals surface area (Å²) >= 11 is 0. The van der Waals surface area contributed by atoms with Crippen molar-refractivity contribution < 1.29 is 19.7 Å². The van der Waals surface area contributed by atoms with E-state index >= 15 is 0 Å². The highest BCUT2D eigenvalue weighted by atomic mass is 16.6. The minimum Gasteiger partial charge on any atom is -0.478 e. The van der Waals surface area contributed by atoms with Gasteiger partial charge in [-0.05, 0) is 41.2 Å². The van der Waals surface area contributed by atoms with E-state index in [1.54, 1.807) is 25.2 Å². The van der Waals surface area contributed by atoms with Crippen LogP contribution in [0.5, 0.6) is 5.75 Å². The molecule has 0 bridgehead atoms. The fraction of sp³-hybridized carbons (Fsp3) is 0.174. The molecule has 30 heavy (non-hydrogen) atoms. The van der Waals surface area contributed by atoms with Crippen LogP contribution in [0.2, 0.25) is 0 Å². The number of rotatable bonds is 8. The fourth-order valence-corrected chi connectivity index (χ4v) is 3.55. The van der Waals surface area contributed by atoms with Crippen LogP contribution in [-0.2, 0) is 12.8 Å². The molecule has 0 saturated carbocycles. The number of nitrogens with zero attached hydrogens (tertiary/aromatic N) is 1. The molecule has 7 nitrogen and oxygen atoms in total. The lowest BCUT2D eigenvalue weighted by atomic mass is 9.87. The summed E-state index contributed by atoms with van der Waals surface area (Å²) < 4.78 is 0. The van der Waals surface area contributed by atoms with E-state index in [0.29, 0.717) is 12.8 Å².